The number of benzene rings is 1. The maximum Gasteiger partial charge on any atom is 0.387 e. The van der Waals surface area contributed by atoms with Gasteiger partial charge in [0, 0.05) is 26.3 Å². The Kier molecular flexibility index (Phi) is 9.13. The maximum atomic E-state index is 12.3. The van der Waals surface area contributed by atoms with Crippen molar-refractivity contribution >= 4 is 5.96 Å². The fourth-order valence-electron chi connectivity index (χ4n) is 2.51. The van der Waals surface area contributed by atoms with Crippen molar-refractivity contribution in [1.29, 1.82) is 0 Å². The Hall–Kier alpha value is -1.93. The Morgan fingerprint density at radius 2 is 2.27 bits per heavy atom. The van der Waals surface area contributed by atoms with E-state index < -0.39 is 6.61 Å². The molecule has 0 bridgehead atoms. The summed E-state index contributed by atoms with van der Waals surface area (Å²) in [6.45, 7) is 3.13. The second-order valence-electron chi connectivity index (χ2n) is 5.86. The van der Waals surface area contributed by atoms with Gasteiger partial charge in [0.15, 0.2) is 5.96 Å². The van der Waals surface area contributed by atoms with E-state index in [1.807, 2.05) is 13.0 Å². The van der Waals surface area contributed by atoms with Crippen LogP contribution in [0.1, 0.15) is 25.3 Å². The van der Waals surface area contributed by atoms with Crippen LogP contribution in [0.5, 0.6) is 5.75 Å². The minimum atomic E-state index is -2.83. The first-order valence-electron chi connectivity index (χ1n) is 8.92. The van der Waals surface area contributed by atoms with Crippen LogP contribution in [0.3, 0.4) is 0 Å². The van der Waals surface area contributed by atoms with E-state index in [1.54, 1.807) is 12.1 Å². The molecule has 1 aromatic rings. The third kappa shape index (κ3) is 7.97. The molecule has 2 rings (SSSR count). The van der Waals surface area contributed by atoms with Crippen molar-refractivity contribution in [3.63, 3.8) is 0 Å². The minimum absolute atomic E-state index is 0.138. The fraction of sp³-hybridized carbons (Fsp3) is 0.611. The van der Waals surface area contributed by atoms with Gasteiger partial charge in [-0.2, -0.15) is 8.78 Å². The topological polar surface area (TPSA) is 64.1 Å². The summed E-state index contributed by atoms with van der Waals surface area (Å²) >= 11 is 0. The summed E-state index contributed by atoms with van der Waals surface area (Å²) in [5, 5.41) is 6.40. The number of hydrogen-bond acceptors (Lipinski definition) is 4. The lowest BCUT2D eigenvalue weighted by Gasteiger charge is -2.13. The van der Waals surface area contributed by atoms with Crippen molar-refractivity contribution in [1.82, 2.24) is 10.6 Å². The van der Waals surface area contributed by atoms with Gasteiger partial charge in [-0.1, -0.05) is 12.1 Å². The molecule has 1 saturated heterocycles. The number of aliphatic imine (C=N–C) groups is 1. The Labute approximate surface area is 152 Å². The van der Waals surface area contributed by atoms with Crippen molar-refractivity contribution < 1.29 is 23.0 Å². The van der Waals surface area contributed by atoms with Gasteiger partial charge in [-0.3, -0.25) is 0 Å². The lowest BCUT2D eigenvalue weighted by Crippen LogP contribution is -2.38. The zero-order valence-corrected chi connectivity index (χ0v) is 15.0. The van der Waals surface area contributed by atoms with E-state index in [4.69, 9.17) is 9.47 Å². The van der Waals surface area contributed by atoms with E-state index in [1.165, 1.54) is 6.07 Å². The van der Waals surface area contributed by atoms with Crippen LogP contribution in [0, 0.1) is 0 Å². The molecule has 1 fully saturated rings. The summed E-state index contributed by atoms with van der Waals surface area (Å²) in [6.07, 6.45) is 2.05. The van der Waals surface area contributed by atoms with Crippen molar-refractivity contribution in [3.05, 3.63) is 29.8 Å². The number of alkyl halides is 2. The largest absolute Gasteiger partial charge is 0.435 e. The first-order valence-corrected chi connectivity index (χ1v) is 8.92. The SMILES string of the molecule is CCNC(=NCc1cccc(OC(F)F)c1)NCCCOC1CCOC1. The predicted octanol–water partition coefficient (Wildman–Crippen LogP) is 2.54. The quantitative estimate of drug-likeness (QED) is 0.376. The Morgan fingerprint density at radius 1 is 1.38 bits per heavy atom. The lowest BCUT2D eigenvalue weighted by atomic mass is 10.2. The number of nitrogens with zero attached hydrogens (tertiary/aromatic N) is 1. The summed E-state index contributed by atoms with van der Waals surface area (Å²) in [5.74, 6) is 0.815. The zero-order valence-electron chi connectivity index (χ0n) is 15.0. The first kappa shape index (κ1) is 20.4. The van der Waals surface area contributed by atoms with Crippen LogP contribution < -0.4 is 15.4 Å². The molecule has 0 spiro atoms. The number of nitrogens with one attached hydrogen (secondary N) is 2. The van der Waals surface area contributed by atoms with E-state index in [0.717, 1.165) is 38.1 Å². The molecule has 1 unspecified atom stereocenters. The van der Waals surface area contributed by atoms with Gasteiger partial charge in [0.2, 0.25) is 0 Å². The van der Waals surface area contributed by atoms with Crippen LogP contribution in [-0.4, -0.2) is 51.6 Å². The molecule has 0 radical (unpaired) electrons. The van der Waals surface area contributed by atoms with Gasteiger partial charge in [-0.25, -0.2) is 4.99 Å². The molecule has 146 valence electrons. The predicted molar refractivity (Wildman–Crippen MR) is 95.7 cm³/mol. The molecule has 1 aliphatic rings. The number of rotatable bonds is 10. The van der Waals surface area contributed by atoms with E-state index >= 15 is 0 Å². The standard InChI is InChI=1S/C18H27F2N3O3/c1-2-21-18(22-8-4-9-25-16-7-10-24-13-16)23-12-14-5-3-6-15(11-14)26-17(19)20/h3,5-6,11,16-17H,2,4,7-10,12-13H2,1H3,(H2,21,22,23). The molecule has 6 nitrogen and oxygen atoms in total. The van der Waals surface area contributed by atoms with E-state index in [9.17, 15) is 8.78 Å². The fourth-order valence-corrected chi connectivity index (χ4v) is 2.51. The highest BCUT2D eigenvalue weighted by atomic mass is 19.3. The Balaban J connectivity index is 1.74. The second-order valence-corrected chi connectivity index (χ2v) is 5.86. The van der Waals surface area contributed by atoms with Gasteiger partial charge >= 0.3 is 6.61 Å². The normalized spacial score (nSPS) is 17.5. The molecule has 2 N–H and O–H groups in total. The maximum absolute atomic E-state index is 12.3. The summed E-state index contributed by atoms with van der Waals surface area (Å²) in [7, 11) is 0. The van der Waals surface area contributed by atoms with Crippen molar-refractivity contribution in [2.75, 3.05) is 32.9 Å². The molecule has 0 aromatic heterocycles. The molecule has 26 heavy (non-hydrogen) atoms. The number of hydrogen-bond donors (Lipinski definition) is 2. The minimum Gasteiger partial charge on any atom is -0.435 e. The van der Waals surface area contributed by atoms with Crippen LogP contribution in [0.25, 0.3) is 0 Å². The third-order valence-electron chi connectivity index (χ3n) is 3.74. The first-order chi connectivity index (χ1) is 12.7. The summed E-state index contributed by atoms with van der Waals surface area (Å²) < 4.78 is 40.0. The monoisotopic (exact) mass is 371 g/mol. The summed E-state index contributed by atoms with van der Waals surface area (Å²) in [5.41, 5.74) is 0.796. The highest BCUT2D eigenvalue weighted by Crippen LogP contribution is 2.16. The van der Waals surface area contributed by atoms with Gasteiger partial charge in [-0.15, -0.1) is 0 Å². The lowest BCUT2D eigenvalue weighted by molar-refractivity contribution is -0.0498. The van der Waals surface area contributed by atoms with Gasteiger partial charge in [0.1, 0.15) is 5.75 Å². The highest BCUT2D eigenvalue weighted by Gasteiger charge is 2.15. The van der Waals surface area contributed by atoms with Gasteiger partial charge in [-0.05, 0) is 37.5 Å². The van der Waals surface area contributed by atoms with Crippen LogP contribution in [0.15, 0.2) is 29.3 Å². The molecule has 8 heteroatoms. The molecule has 0 amide bonds. The van der Waals surface area contributed by atoms with Crippen LogP contribution >= 0.6 is 0 Å². The highest BCUT2D eigenvalue weighted by molar-refractivity contribution is 5.79. The van der Waals surface area contributed by atoms with Crippen molar-refractivity contribution in [2.45, 2.75) is 39.0 Å². The van der Waals surface area contributed by atoms with Gasteiger partial charge in [0.05, 0.1) is 19.3 Å². The van der Waals surface area contributed by atoms with Crippen LogP contribution in [0.4, 0.5) is 8.78 Å². The van der Waals surface area contributed by atoms with E-state index in [-0.39, 0.29) is 11.9 Å². The van der Waals surface area contributed by atoms with Crippen molar-refractivity contribution in [3.8, 4) is 5.75 Å². The van der Waals surface area contributed by atoms with E-state index in [2.05, 4.69) is 20.4 Å². The molecule has 1 aliphatic heterocycles. The average molecular weight is 371 g/mol. The van der Waals surface area contributed by atoms with E-state index in [0.29, 0.717) is 25.7 Å². The summed E-state index contributed by atoms with van der Waals surface area (Å²) in [6, 6.07) is 6.56. The molecule has 1 heterocycles. The number of guanidine groups is 1. The average Bonchev–Trinajstić information content (AvgIpc) is 3.12. The molecular formula is C18H27F2N3O3. The Bertz CT molecular complexity index is 552. The smallest absolute Gasteiger partial charge is 0.387 e. The zero-order chi connectivity index (χ0) is 18.6. The van der Waals surface area contributed by atoms with Crippen LogP contribution in [-0.2, 0) is 16.0 Å². The van der Waals surface area contributed by atoms with Crippen LogP contribution in [0.2, 0.25) is 0 Å². The molecular weight excluding hydrogens is 344 g/mol. The molecule has 0 aliphatic carbocycles. The summed E-state index contributed by atoms with van der Waals surface area (Å²) in [4.78, 5) is 4.47. The second kappa shape index (κ2) is 11.6. The molecule has 0 saturated carbocycles. The number of ether oxygens (including phenoxy) is 3. The molecule has 1 aromatic carbocycles. The molecule has 1 atom stereocenters. The van der Waals surface area contributed by atoms with Crippen molar-refractivity contribution in [2.24, 2.45) is 4.99 Å². The Morgan fingerprint density at radius 3 is 3.00 bits per heavy atom. The number of halogens is 2. The van der Waals surface area contributed by atoms with Gasteiger partial charge < -0.3 is 24.8 Å². The third-order valence-corrected chi connectivity index (χ3v) is 3.74. The van der Waals surface area contributed by atoms with Gasteiger partial charge in [0.25, 0.3) is 0 Å².